The molecule has 3 aliphatic rings. The maximum atomic E-state index is 13.5. The molecule has 0 spiro atoms. The number of carbonyl (C=O) groups is 1. The average Bonchev–Trinajstić information content (AvgIpc) is 0.780. The van der Waals surface area contributed by atoms with Crippen molar-refractivity contribution >= 4 is 5.91 Å². The largest absolute Gasteiger partial charge is 0.394 e. The predicted octanol–water partition coefficient (Wildman–Crippen LogP) is 16.6. The van der Waals surface area contributed by atoms with Crippen molar-refractivity contribution in [2.45, 2.75) is 491 Å². The first-order valence-corrected chi connectivity index (χ1v) is 44.7. The summed E-state index contributed by atoms with van der Waals surface area (Å²) < 4.78 is 34.5. The van der Waals surface area contributed by atoms with Crippen LogP contribution in [0.5, 0.6) is 0 Å². The molecule has 0 saturated carbocycles. The second kappa shape index (κ2) is 68.4. The highest BCUT2D eigenvalue weighted by atomic mass is 16.8. The van der Waals surface area contributed by atoms with Gasteiger partial charge in [0.05, 0.1) is 38.6 Å². The third-order valence-electron chi connectivity index (χ3n) is 22.4. The molecule has 1 amide bonds. The molecule has 0 aromatic carbocycles. The van der Waals surface area contributed by atoms with Crippen molar-refractivity contribution in [1.82, 2.24) is 5.32 Å². The van der Waals surface area contributed by atoms with Crippen LogP contribution in [-0.4, -0.2) is 193 Å². The van der Waals surface area contributed by atoms with Gasteiger partial charge in [-0.2, -0.15) is 0 Å². The third kappa shape index (κ3) is 47.5. The minimum atomic E-state index is -1.98. The third-order valence-corrected chi connectivity index (χ3v) is 22.4. The maximum absolute atomic E-state index is 13.5. The van der Waals surface area contributed by atoms with E-state index in [2.05, 4.69) is 43.5 Å². The number of nitrogens with one attached hydrogen (secondary N) is 1. The molecule has 17 atom stereocenters. The summed E-state index contributed by atoms with van der Waals surface area (Å²) >= 11 is 0. The van der Waals surface area contributed by atoms with Crippen molar-refractivity contribution in [3.05, 3.63) is 36.5 Å². The quantitative estimate of drug-likeness (QED) is 0.0199. The SMILES string of the molecule is CCCCCCCCCCCCCCCCCCCCCC/C=C/CC/C=C/CC/C=C/C(O)C(COC1OC(CO)C(OC2OC(CO)C(OC3OC(CO)C(O)C(O)C3O)C(O)C2O)C(O)C1O)NC(=O)CCCCCCCCCCCCCCCCCCCCCCCCCCCCCCCCCC. The number of ether oxygens (including phenoxy) is 6. The van der Waals surface area contributed by atoms with Gasteiger partial charge in [0.1, 0.15) is 73.2 Å². The molecular formula is C88H165NO18. The summed E-state index contributed by atoms with van der Waals surface area (Å²) in [5.41, 5.74) is 0. The van der Waals surface area contributed by atoms with Crippen molar-refractivity contribution in [3.63, 3.8) is 0 Å². The zero-order valence-corrected chi connectivity index (χ0v) is 67.9. The Bertz CT molecular complexity index is 2070. The van der Waals surface area contributed by atoms with Crippen LogP contribution in [0.4, 0.5) is 0 Å². The van der Waals surface area contributed by atoms with E-state index in [1.165, 1.54) is 308 Å². The normalized spacial score (nSPS) is 25.6. The van der Waals surface area contributed by atoms with Crippen molar-refractivity contribution in [2.24, 2.45) is 0 Å². The molecule has 3 rings (SSSR count). The molecule has 3 saturated heterocycles. The summed E-state index contributed by atoms with van der Waals surface area (Å²) in [5.74, 6) is -0.281. The molecule has 3 heterocycles. The van der Waals surface area contributed by atoms with Crippen LogP contribution in [0.3, 0.4) is 0 Å². The molecule has 630 valence electrons. The molecule has 0 aromatic rings. The van der Waals surface area contributed by atoms with Crippen LogP contribution in [-0.2, 0) is 33.2 Å². The van der Waals surface area contributed by atoms with Crippen LogP contribution in [0.15, 0.2) is 36.5 Å². The molecule has 17 unspecified atom stereocenters. The lowest BCUT2D eigenvalue weighted by atomic mass is 9.96. The molecular weight excluding hydrogens is 1360 g/mol. The molecule has 0 aliphatic carbocycles. The van der Waals surface area contributed by atoms with Gasteiger partial charge in [-0.15, -0.1) is 0 Å². The van der Waals surface area contributed by atoms with Crippen molar-refractivity contribution in [2.75, 3.05) is 26.4 Å². The van der Waals surface area contributed by atoms with Crippen molar-refractivity contribution in [1.29, 1.82) is 0 Å². The second-order valence-electron chi connectivity index (χ2n) is 32.1. The lowest BCUT2D eigenvalue weighted by molar-refractivity contribution is -0.379. The fraction of sp³-hybridized carbons (Fsp3) is 0.920. The van der Waals surface area contributed by atoms with E-state index in [9.17, 15) is 61.0 Å². The van der Waals surface area contributed by atoms with E-state index in [-0.39, 0.29) is 18.9 Å². The number of aliphatic hydroxyl groups is 11. The Kier molecular flexibility index (Phi) is 63.4. The van der Waals surface area contributed by atoms with Gasteiger partial charge >= 0.3 is 0 Å². The summed E-state index contributed by atoms with van der Waals surface area (Å²) in [4.78, 5) is 13.5. The lowest BCUT2D eigenvalue weighted by Gasteiger charge is -2.48. The fourth-order valence-corrected chi connectivity index (χ4v) is 15.3. The summed E-state index contributed by atoms with van der Waals surface area (Å²) in [6, 6.07) is -0.997. The van der Waals surface area contributed by atoms with E-state index >= 15 is 0 Å². The molecule has 107 heavy (non-hydrogen) atoms. The molecule has 19 nitrogen and oxygen atoms in total. The fourth-order valence-electron chi connectivity index (χ4n) is 15.3. The standard InChI is InChI=1S/C88H165NO18/c1-3-5-7-9-11-13-15-17-19-21-23-25-27-29-31-33-35-36-38-40-42-44-46-48-50-52-54-56-58-60-62-64-66-76(94)89-71(72(93)65-63-61-59-57-55-53-51-49-47-45-43-41-39-37-34-32-30-28-26-24-22-20-18-16-14-12-10-8-6-4-2)70-102-86-82(100)79(97)84(74(68-91)104-86)107-88-83(101)80(98)85(75(69-92)105-88)106-87-81(99)78(96)77(95)73(67-90)103-87/h47,49,55,57,63,65,71-75,77-88,90-93,95-101H,3-46,48,50-54,56,58-62,64,66-70H2,1-2H3,(H,89,94)/b49-47+,57-55+,65-63+. The lowest BCUT2D eigenvalue weighted by Crippen LogP contribution is -2.66. The molecule has 0 aromatic heterocycles. The van der Waals surface area contributed by atoms with Crippen LogP contribution < -0.4 is 5.32 Å². The van der Waals surface area contributed by atoms with E-state index in [1.54, 1.807) is 6.08 Å². The highest BCUT2D eigenvalue weighted by molar-refractivity contribution is 5.76. The number of carbonyl (C=O) groups excluding carboxylic acids is 1. The molecule has 3 fully saturated rings. The first-order chi connectivity index (χ1) is 52.3. The minimum Gasteiger partial charge on any atom is -0.394 e. The number of hydrogen-bond acceptors (Lipinski definition) is 18. The monoisotopic (exact) mass is 1520 g/mol. The summed E-state index contributed by atoms with van der Waals surface area (Å²) in [7, 11) is 0. The number of rotatable bonds is 73. The van der Waals surface area contributed by atoms with Gasteiger partial charge in [0, 0.05) is 6.42 Å². The van der Waals surface area contributed by atoms with Gasteiger partial charge in [-0.05, 0) is 44.9 Å². The van der Waals surface area contributed by atoms with Gasteiger partial charge in [0.25, 0.3) is 0 Å². The molecule has 0 radical (unpaired) electrons. The van der Waals surface area contributed by atoms with E-state index in [0.717, 1.165) is 44.9 Å². The van der Waals surface area contributed by atoms with Crippen LogP contribution >= 0.6 is 0 Å². The Labute approximate surface area is 651 Å². The first kappa shape index (κ1) is 99.2. The summed E-state index contributed by atoms with van der Waals surface area (Å²) in [6.07, 6.45) is 60.2. The van der Waals surface area contributed by atoms with Gasteiger partial charge in [0.2, 0.25) is 5.91 Å². The number of unbranched alkanes of at least 4 members (excludes halogenated alkanes) is 53. The Morgan fingerprint density at radius 3 is 0.935 bits per heavy atom. The molecule has 19 heteroatoms. The van der Waals surface area contributed by atoms with E-state index in [0.29, 0.717) is 12.8 Å². The highest BCUT2D eigenvalue weighted by Crippen LogP contribution is 2.34. The molecule has 12 N–H and O–H groups in total. The number of aliphatic hydroxyl groups excluding tert-OH is 11. The highest BCUT2D eigenvalue weighted by Gasteiger charge is 2.54. The van der Waals surface area contributed by atoms with Gasteiger partial charge in [-0.3, -0.25) is 4.79 Å². The number of amides is 1. The molecule has 0 bridgehead atoms. The summed E-state index contributed by atoms with van der Waals surface area (Å²) in [5, 5.41) is 121. The smallest absolute Gasteiger partial charge is 0.220 e. The first-order valence-electron chi connectivity index (χ1n) is 44.7. The van der Waals surface area contributed by atoms with Crippen LogP contribution in [0.1, 0.15) is 386 Å². The van der Waals surface area contributed by atoms with Crippen LogP contribution in [0.2, 0.25) is 0 Å². The van der Waals surface area contributed by atoms with E-state index < -0.39 is 124 Å². The Morgan fingerprint density at radius 2 is 0.598 bits per heavy atom. The van der Waals surface area contributed by atoms with Gasteiger partial charge < -0.3 is 89.9 Å². The topological polar surface area (TPSA) is 307 Å². The van der Waals surface area contributed by atoms with Crippen LogP contribution in [0.25, 0.3) is 0 Å². The van der Waals surface area contributed by atoms with E-state index in [4.69, 9.17) is 28.4 Å². The Balaban J connectivity index is 1.35. The maximum Gasteiger partial charge on any atom is 0.220 e. The van der Waals surface area contributed by atoms with Gasteiger partial charge in [0.15, 0.2) is 18.9 Å². The average molecular weight is 1530 g/mol. The zero-order chi connectivity index (χ0) is 77.4. The van der Waals surface area contributed by atoms with Gasteiger partial charge in [-0.25, -0.2) is 0 Å². The second-order valence-corrected chi connectivity index (χ2v) is 32.1. The van der Waals surface area contributed by atoms with E-state index in [1.807, 2.05) is 6.08 Å². The van der Waals surface area contributed by atoms with Crippen molar-refractivity contribution < 1.29 is 89.4 Å². The minimum absolute atomic E-state index is 0.237. The van der Waals surface area contributed by atoms with Gasteiger partial charge in [-0.1, -0.05) is 371 Å². The zero-order valence-electron chi connectivity index (χ0n) is 67.9. The Hall–Kier alpha value is -1.99. The predicted molar refractivity (Wildman–Crippen MR) is 429 cm³/mol. The number of allylic oxidation sites excluding steroid dienone is 5. The molecule has 3 aliphatic heterocycles. The van der Waals surface area contributed by atoms with Crippen LogP contribution in [0, 0.1) is 0 Å². The summed E-state index contributed by atoms with van der Waals surface area (Å²) in [6.45, 7) is 1.78. The number of hydrogen-bond donors (Lipinski definition) is 12. The van der Waals surface area contributed by atoms with Crippen molar-refractivity contribution in [3.8, 4) is 0 Å². The Morgan fingerprint density at radius 1 is 0.327 bits per heavy atom.